The Morgan fingerprint density at radius 2 is 1.97 bits per heavy atom. The number of ether oxygens (including phenoxy) is 1. The lowest BCUT2D eigenvalue weighted by Crippen LogP contribution is -2.46. The number of aliphatic hydroxyl groups is 2. The van der Waals surface area contributed by atoms with E-state index >= 15 is 0 Å². The Hall–Kier alpha value is -2.16. The van der Waals surface area contributed by atoms with Gasteiger partial charge in [-0.3, -0.25) is 9.59 Å². The van der Waals surface area contributed by atoms with E-state index in [4.69, 9.17) is 4.74 Å². The van der Waals surface area contributed by atoms with Gasteiger partial charge in [0, 0.05) is 12.3 Å². The highest BCUT2D eigenvalue weighted by molar-refractivity contribution is 7.18. The Bertz CT molecular complexity index is 1110. The molecule has 36 heavy (non-hydrogen) atoms. The molecule has 1 aliphatic rings. The first-order valence-corrected chi connectivity index (χ1v) is 13.6. The number of allylic oxidation sites excluding steroid dienone is 1. The van der Waals surface area contributed by atoms with Crippen LogP contribution in [0.3, 0.4) is 0 Å². The molecule has 0 bridgehead atoms. The molecule has 0 spiro atoms. The molecular weight excluding hydrogens is 481 g/mol. The largest absolute Gasteiger partial charge is 0.457 e. The number of benzene rings is 1. The van der Waals surface area contributed by atoms with Gasteiger partial charge in [-0.15, -0.1) is 11.3 Å². The topological polar surface area (TPSA) is 96.7 Å². The van der Waals surface area contributed by atoms with Gasteiger partial charge in [-0.2, -0.15) is 0 Å². The Balaban J connectivity index is 1.92. The van der Waals surface area contributed by atoms with Gasteiger partial charge in [-0.05, 0) is 62.3 Å². The third-order valence-electron chi connectivity index (χ3n) is 7.39. The van der Waals surface area contributed by atoms with Crippen LogP contribution >= 0.6 is 11.3 Å². The molecule has 2 heterocycles. The normalized spacial score (nSPS) is 30.6. The molecule has 0 saturated heterocycles. The highest BCUT2D eigenvalue weighted by Crippen LogP contribution is 2.35. The number of rotatable bonds is 2. The average Bonchev–Trinajstić information content (AvgIpc) is 3.20. The van der Waals surface area contributed by atoms with Crippen molar-refractivity contribution in [1.82, 2.24) is 4.98 Å². The molecule has 2 aromatic rings. The zero-order valence-corrected chi connectivity index (χ0v) is 22.6. The number of thiazole rings is 1. The van der Waals surface area contributed by atoms with E-state index in [1.165, 1.54) is 6.08 Å². The van der Waals surface area contributed by atoms with E-state index in [9.17, 15) is 24.2 Å². The van der Waals surface area contributed by atoms with Crippen molar-refractivity contribution in [2.45, 2.75) is 91.5 Å². The summed E-state index contributed by atoms with van der Waals surface area (Å²) in [6, 6.07) is 5.61. The monoisotopic (exact) mass is 519 g/mol. The zero-order valence-electron chi connectivity index (χ0n) is 21.8. The van der Waals surface area contributed by atoms with Crippen molar-refractivity contribution < 1.29 is 28.9 Å². The zero-order chi connectivity index (χ0) is 26.6. The molecule has 198 valence electrons. The highest BCUT2D eigenvalue weighted by atomic mass is 32.1. The number of ketones is 1. The SMILES string of the molecule is CC[C@H]1C(=O)C(C)(C)[C@@H](O)CC(=O)O[C@H](c2ccc3sc(C)nc3c2)C/C=C(/F)CCC[C@H](C)[C@@H]1O. The lowest BCUT2D eigenvalue weighted by atomic mass is 9.71. The number of esters is 1. The Kier molecular flexibility index (Phi) is 9.41. The van der Waals surface area contributed by atoms with Gasteiger partial charge in [0.05, 0.1) is 45.1 Å². The van der Waals surface area contributed by atoms with Crippen molar-refractivity contribution >= 4 is 33.3 Å². The molecular formula is C28H38FNO5S. The van der Waals surface area contributed by atoms with E-state index < -0.39 is 35.6 Å². The number of carbonyl (C=O) groups is 2. The van der Waals surface area contributed by atoms with Crippen LogP contribution in [-0.4, -0.2) is 39.2 Å². The summed E-state index contributed by atoms with van der Waals surface area (Å²) in [7, 11) is 0. The van der Waals surface area contributed by atoms with Crippen LogP contribution in [0.25, 0.3) is 10.2 Å². The average molecular weight is 520 g/mol. The van der Waals surface area contributed by atoms with Crippen molar-refractivity contribution in [2.75, 3.05) is 0 Å². The molecule has 0 unspecified atom stereocenters. The van der Waals surface area contributed by atoms with Gasteiger partial charge in [-0.25, -0.2) is 9.37 Å². The van der Waals surface area contributed by atoms with Crippen LogP contribution in [0, 0.1) is 24.2 Å². The number of aryl methyl sites for hydroxylation is 1. The number of hydrogen-bond donors (Lipinski definition) is 2. The van der Waals surface area contributed by atoms with Gasteiger partial charge in [0.1, 0.15) is 11.9 Å². The number of nitrogens with zero attached hydrogens (tertiary/aromatic N) is 1. The molecule has 0 amide bonds. The van der Waals surface area contributed by atoms with Crippen molar-refractivity contribution in [2.24, 2.45) is 17.3 Å². The number of hydrogen-bond acceptors (Lipinski definition) is 7. The van der Waals surface area contributed by atoms with Crippen molar-refractivity contribution in [3.05, 3.63) is 40.7 Å². The summed E-state index contributed by atoms with van der Waals surface area (Å²) >= 11 is 1.56. The summed E-state index contributed by atoms with van der Waals surface area (Å²) in [5, 5.41) is 22.7. The third-order valence-corrected chi connectivity index (χ3v) is 8.34. The molecule has 3 rings (SSSR count). The summed E-state index contributed by atoms with van der Waals surface area (Å²) < 4.78 is 21.4. The molecule has 8 heteroatoms. The molecule has 0 saturated carbocycles. The number of aromatic nitrogens is 1. The van der Waals surface area contributed by atoms with Gasteiger partial charge in [0.15, 0.2) is 0 Å². The van der Waals surface area contributed by atoms with Gasteiger partial charge in [-0.1, -0.05) is 33.8 Å². The van der Waals surface area contributed by atoms with E-state index in [0.29, 0.717) is 24.8 Å². The number of aliphatic hydroxyl groups excluding tert-OH is 2. The number of carbonyl (C=O) groups excluding carboxylic acids is 2. The summed E-state index contributed by atoms with van der Waals surface area (Å²) in [4.78, 5) is 30.8. The Morgan fingerprint density at radius 1 is 1.25 bits per heavy atom. The van der Waals surface area contributed by atoms with Gasteiger partial charge in [0.25, 0.3) is 0 Å². The molecule has 6 nitrogen and oxygen atoms in total. The Morgan fingerprint density at radius 3 is 2.67 bits per heavy atom. The smallest absolute Gasteiger partial charge is 0.309 e. The maximum atomic E-state index is 14.7. The summed E-state index contributed by atoms with van der Waals surface area (Å²) in [5.74, 6) is -2.16. The standard InChI is InChI=1S/C28H38FNO5S/c1-6-20-26(33)16(2)8-7-9-19(29)11-12-22(18-10-13-23-21(14-18)30-17(3)36-23)35-25(32)15-24(31)28(4,5)27(20)34/h10-11,13-14,16,20,22,24,26,31,33H,6-9,12,15H2,1-5H3/b19-11+/t16-,20+,22-,24-,26-/m0/s1. The third kappa shape index (κ3) is 6.58. The minimum atomic E-state index is -1.29. The minimum Gasteiger partial charge on any atom is -0.457 e. The van der Waals surface area contributed by atoms with E-state index in [2.05, 4.69) is 4.98 Å². The molecule has 1 aromatic heterocycles. The first-order chi connectivity index (χ1) is 16.9. The van der Waals surface area contributed by atoms with Gasteiger partial charge < -0.3 is 14.9 Å². The maximum absolute atomic E-state index is 14.7. The number of fused-ring (bicyclic) bond motifs is 1. The molecule has 0 radical (unpaired) electrons. The van der Waals surface area contributed by atoms with E-state index in [0.717, 1.165) is 15.2 Å². The molecule has 1 aromatic carbocycles. The van der Waals surface area contributed by atoms with Crippen LogP contribution in [0.4, 0.5) is 4.39 Å². The second kappa shape index (κ2) is 11.9. The molecule has 5 atom stereocenters. The first-order valence-electron chi connectivity index (χ1n) is 12.8. The van der Waals surface area contributed by atoms with E-state index in [1.807, 2.05) is 39.0 Å². The predicted octanol–water partition coefficient (Wildman–Crippen LogP) is 5.99. The maximum Gasteiger partial charge on any atom is 0.309 e. The van der Waals surface area contributed by atoms with Crippen LogP contribution in [0.1, 0.15) is 82.9 Å². The molecule has 1 aliphatic heterocycles. The van der Waals surface area contributed by atoms with Gasteiger partial charge >= 0.3 is 5.97 Å². The van der Waals surface area contributed by atoms with Crippen molar-refractivity contribution in [3.8, 4) is 0 Å². The van der Waals surface area contributed by atoms with Crippen LogP contribution in [0.15, 0.2) is 30.1 Å². The summed E-state index contributed by atoms with van der Waals surface area (Å²) in [5.41, 5.74) is 0.224. The summed E-state index contributed by atoms with van der Waals surface area (Å²) in [6.45, 7) is 8.80. The van der Waals surface area contributed by atoms with Crippen molar-refractivity contribution in [1.29, 1.82) is 0 Å². The summed E-state index contributed by atoms with van der Waals surface area (Å²) in [6.07, 6.45) is -0.0657. The number of cyclic esters (lactones) is 1. The fourth-order valence-electron chi connectivity index (χ4n) is 4.85. The van der Waals surface area contributed by atoms with Crippen LogP contribution in [-0.2, 0) is 14.3 Å². The second-order valence-electron chi connectivity index (χ2n) is 10.5. The van der Waals surface area contributed by atoms with Crippen molar-refractivity contribution in [3.63, 3.8) is 0 Å². The fourth-order valence-corrected chi connectivity index (χ4v) is 5.66. The van der Waals surface area contributed by atoms with Gasteiger partial charge in [0.2, 0.25) is 0 Å². The van der Waals surface area contributed by atoms with Crippen LogP contribution < -0.4 is 0 Å². The fraction of sp³-hybridized carbons (Fsp3) is 0.607. The van der Waals surface area contributed by atoms with Crippen LogP contribution in [0.5, 0.6) is 0 Å². The molecule has 2 N–H and O–H groups in total. The quantitative estimate of drug-likeness (QED) is 0.474. The Labute approximate surface area is 216 Å². The molecule has 0 aliphatic carbocycles. The first kappa shape index (κ1) is 28.4. The lowest BCUT2D eigenvalue weighted by molar-refractivity contribution is -0.156. The highest BCUT2D eigenvalue weighted by Gasteiger charge is 2.43. The van der Waals surface area contributed by atoms with Crippen LogP contribution in [0.2, 0.25) is 0 Å². The lowest BCUT2D eigenvalue weighted by Gasteiger charge is -2.35. The molecule has 0 fully saturated rings. The number of Topliss-reactive ketones (excluding diaryl/α,β-unsaturated/α-hetero) is 1. The van der Waals surface area contributed by atoms with E-state index in [-0.39, 0.29) is 36.8 Å². The predicted molar refractivity (Wildman–Crippen MR) is 139 cm³/mol. The number of halogens is 1. The van der Waals surface area contributed by atoms with E-state index in [1.54, 1.807) is 25.2 Å². The second-order valence-corrected chi connectivity index (χ2v) is 11.7. The minimum absolute atomic E-state index is 0.140.